The Morgan fingerprint density at radius 3 is 2.00 bits per heavy atom. The summed E-state index contributed by atoms with van der Waals surface area (Å²) < 4.78 is 0. The second kappa shape index (κ2) is 7.17. The molecule has 0 aromatic rings. The highest BCUT2D eigenvalue weighted by Gasteiger charge is 2.21. The fourth-order valence-corrected chi connectivity index (χ4v) is 2.17. The van der Waals surface area contributed by atoms with Crippen LogP contribution in [0.15, 0.2) is 0 Å². The van der Waals surface area contributed by atoms with Crippen LogP contribution in [0.2, 0.25) is 0 Å². The summed E-state index contributed by atoms with van der Waals surface area (Å²) in [7, 11) is 0. The SMILES string of the molecule is [NH3+]CCCC[NH+]1CC[NH+](CCO)CC1. The van der Waals surface area contributed by atoms with E-state index in [0.29, 0.717) is 6.61 Å². The molecule has 0 aromatic carbocycles. The minimum atomic E-state index is 0.339. The van der Waals surface area contributed by atoms with Crippen LogP contribution in [0.25, 0.3) is 0 Å². The van der Waals surface area contributed by atoms with Crippen LogP contribution >= 0.6 is 0 Å². The Kier molecular flexibility index (Phi) is 6.10. The summed E-state index contributed by atoms with van der Waals surface area (Å²) in [6.07, 6.45) is 2.60. The van der Waals surface area contributed by atoms with Gasteiger partial charge >= 0.3 is 0 Å². The van der Waals surface area contributed by atoms with Crippen LogP contribution in [0, 0.1) is 0 Å². The Morgan fingerprint density at radius 1 is 0.929 bits per heavy atom. The van der Waals surface area contributed by atoms with Crippen molar-refractivity contribution < 1.29 is 20.6 Å². The molecule has 0 unspecified atom stereocenters. The van der Waals surface area contributed by atoms with Gasteiger partial charge in [-0.1, -0.05) is 0 Å². The van der Waals surface area contributed by atoms with Gasteiger partial charge in [0, 0.05) is 12.8 Å². The number of rotatable bonds is 6. The Bertz CT molecular complexity index is 135. The van der Waals surface area contributed by atoms with E-state index in [2.05, 4.69) is 5.73 Å². The van der Waals surface area contributed by atoms with E-state index in [1.165, 1.54) is 45.6 Å². The average molecular weight is 204 g/mol. The smallest absolute Gasteiger partial charge is 0.127 e. The lowest BCUT2D eigenvalue weighted by atomic mass is 10.2. The van der Waals surface area contributed by atoms with E-state index < -0.39 is 0 Å². The molecular weight excluding hydrogens is 178 g/mol. The molecular formula is C10H26N3O+3. The molecule has 1 saturated heterocycles. The van der Waals surface area contributed by atoms with Crippen molar-refractivity contribution in [1.29, 1.82) is 0 Å². The maximum absolute atomic E-state index is 8.82. The zero-order chi connectivity index (χ0) is 10.2. The standard InChI is InChI=1S/C10H23N3O/c11-3-1-2-4-12-5-7-13(8-6-12)9-10-14/h14H,1-11H2/p+3. The molecule has 0 bridgehead atoms. The molecule has 6 N–H and O–H groups in total. The highest BCUT2D eigenvalue weighted by atomic mass is 16.3. The van der Waals surface area contributed by atoms with E-state index in [1.54, 1.807) is 9.80 Å². The summed E-state index contributed by atoms with van der Waals surface area (Å²) in [6.45, 7) is 8.72. The van der Waals surface area contributed by atoms with Gasteiger partial charge in [0.15, 0.2) is 0 Å². The molecule has 84 valence electrons. The number of hydrogen-bond acceptors (Lipinski definition) is 1. The third-order valence-corrected chi connectivity index (χ3v) is 3.16. The molecule has 1 aliphatic heterocycles. The van der Waals surface area contributed by atoms with Crippen LogP contribution < -0.4 is 15.5 Å². The third-order valence-electron chi connectivity index (χ3n) is 3.16. The second-order valence-electron chi connectivity index (χ2n) is 4.28. The molecule has 0 aliphatic carbocycles. The first-order chi connectivity index (χ1) is 6.86. The van der Waals surface area contributed by atoms with Gasteiger partial charge in [0.05, 0.1) is 19.7 Å². The third kappa shape index (κ3) is 4.37. The summed E-state index contributed by atoms with van der Waals surface area (Å²) in [5.41, 5.74) is 3.86. The van der Waals surface area contributed by atoms with E-state index in [0.717, 1.165) is 13.1 Å². The van der Waals surface area contributed by atoms with Gasteiger partial charge in [-0.15, -0.1) is 0 Å². The zero-order valence-corrected chi connectivity index (χ0v) is 9.23. The van der Waals surface area contributed by atoms with Crippen molar-refractivity contribution in [3.63, 3.8) is 0 Å². The normalized spacial score (nSPS) is 27.9. The minimum absolute atomic E-state index is 0.339. The topological polar surface area (TPSA) is 56.8 Å². The van der Waals surface area contributed by atoms with Crippen molar-refractivity contribution in [1.82, 2.24) is 0 Å². The minimum Gasteiger partial charge on any atom is -0.391 e. The quantitative estimate of drug-likeness (QED) is 0.326. The number of piperazine rings is 1. The molecule has 1 fully saturated rings. The molecule has 0 radical (unpaired) electrons. The van der Waals surface area contributed by atoms with Crippen molar-refractivity contribution in [2.45, 2.75) is 12.8 Å². The molecule has 0 atom stereocenters. The maximum Gasteiger partial charge on any atom is 0.127 e. The monoisotopic (exact) mass is 204 g/mol. The highest BCUT2D eigenvalue weighted by molar-refractivity contribution is 4.41. The van der Waals surface area contributed by atoms with Crippen molar-refractivity contribution in [2.75, 3.05) is 52.4 Å². The number of nitrogens with one attached hydrogen (secondary N) is 2. The molecule has 1 rings (SSSR count). The lowest BCUT2D eigenvalue weighted by Crippen LogP contribution is -3.28. The number of unbranched alkanes of at least 4 members (excludes halogenated alkanes) is 1. The molecule has 4 heteroatoms. The summed E-state index contributed by atoms with van der Waals surface area (Å²) in [5, 5.41) is 8.82. The predicted molar refractivity (Wildman–Crippen MR) is 55.2 cm³/mol. The van der Waals surface area contributed by atoms with Crippen LogP contribution in [0.5, 0.6) is 0 Å². The molecule has 0 spiro atoms. The van der Waals surface area contributed by atoms with Gasteiger partial charge in [-0.25, -0.2) is 0 Å². The van der Waals surface area contributed by atoms with Crippen LogP contribution in [-0.2, 0) is 0 Å². The van der Waals surface area contributed by atoms with Crippen LogP contribution in [0.4, 0.5) is 0 Å². The van der Waals surface area contributed by atoms with Gasteiger partial charge < -0.3 is 20.6 Å². The predicted octanol–water partition coefficient (Wildman–Crippen LogP) is -4.22. The Balaban J connectivity index is 2.03. The Hall–Kier alpha value is -0.160. The summed E-state index contributed by atoms with van der Waals surface area (Å²) in [5.74, 6) is 0. The number of aliphatic hydroxyl groups excluding tert-OH is 1. The molecule has 0 saturated carbocycles. The van der Waals surface area contributed by atoms with Crippen LogP contribution in [0.3, 0.4) is 0 Å². The summed E-state index contributed by atoms with van der Waals surface area (Å²) in [4.78, 5) is 3.33. The molecule has 1 heterocycles. The average Bonchev–Trinajstić information content (AvgIpc) is 2.21. The molecule has 0 aromatic heterocycles. The van der Waals surface area contributed by atoms with E-state index >= 15 is 0 Å². The molecule has 4 nitrogen and oxygen atoms in total. The van der Waals surface area contributed by atoms with E-state index in [1.807, 2.05) is 0 Å². The van der Waals surface area contributed by atoms with Crippen LogP contribution in [-0.4, -0.2) is 57.5 Å². The second-order valence-corrected chi connectivity index (χ2v) is 4.28. The van der Waals surface area contributed by atoms with Gasteiger partial charge in [0.1, 0.15) is 32.7 Å². The largest absolute Gasteiger partial charge is 0.391 e. The first-order valence-electron chi connectivity index (χ1n) is 5.94. The van der Waals surface area contributed by atoms with Gasteiger partial charge in [-0.2, -0.15) is 0 Å². The summed E-state index contributed by atoms with van der Waals surface area (Å²) in [6, 6.07) is 0. The first-order valence-corrected chi connectivity index (χ1v) is 5.94. The Labute approximate surface area is 86.7 Å². The first kappa shape index (κ1) is 11.9. The molecule has 14 heavy (non-hydrogen) atoms. The highest BCUT2D eigenvalue weighted by Crippen LogP contribution is 1.78. The maximum atomic E-state index is 8.82. The fourth-order valence-electron chi connectivity index (χ4n) is 2.17. The van der Waals surface area contributed by atoms with Gasteiger partial charge in [0.2, 0.25) is 0 Å². The lowest BCUT2D eigenvalue weighted by molar-refractivity contribution is -1.01. The van der Waals surface area contributed by atoms with Gasteiger partial charge in [-0.3, -0.25) is 0 Å². The zero-order valence-electron chi connectivity index (χ0n) is 9.23. The molecule has 0 amide bonds. The number of hydrogen-bond donors (Lipinski definition) is 4. The summed E-state index contributed by atoms with van der Waals surface area (Å²) >= 11 is 0. The lowest BCUT2D eigenvalue weighted by Gasteiger charge is -2.29. The van der Waals surface area contributed by atoms with E-state index in [-0.39, 0.29) is 0 Å². The van der Waals surface area contributed by atoms with Crippen molar-refractivity contribution in [2.24, 2.45) is 0 Å². The van der Waals surface area contributed by atoms with Crippen molar-refractivity contribution in [3.8, 4) is 0 Å². The van der Waals surface area contributed by atoms with Gasteiger partial charge in [0.25, 0.3) is 0 Å². The number of aliphatic hydroxyl groups is 1. The molecule has 1 aliphatic rings. The number of quaternary nitrogens is 3. The van der Waals surface area contributed by atoms with Crippen molar-refractivity contribution in [3.05, 3.63) is 0 Å². The van der Waals surface area contributed by atoms with E-state index in [4.69, 9.17) is 5.11 Å². The van der Waals surface area contributed by atoms with Crippen LogP contribution in [0.1, 0.15) is 12.8 Å². The fraction of sp³-hybridized carbons (Fsp3) is 1.00. The Morgan fingerprint density at radius 2 is 1.50 bits per heavy atom. The van der Waals surface area contributed by atoms with Crippen molar-refractivity contribution >= 4 is 0 Å². The van der Waals surface area contributed by atoms with Gasteiger partial charge in [-0.05, 0) is 0 Å². The van der Waals surface area contributed by atoms with E-state index in [9.17, 15) is 0 Å².